The highest BCUT2D eigenvalue weighted by atomic mass is 35.5. The minimum absolute atomic E-state index is 0.109. The van der Waals surface area contributed by atoms with Crippen LogP contribution in [0.4, 0.5) is 5.69 Å². The highest BCUT2D eigenvalue weighted by Crippen LogP contribution is 2.37. The Morgan fingerprint density at radius 2 is 1.89 bits per heavy atom. The first-order chi connectivity index (χ1) is 8.99. The van der Waals surface area contributed by atoms with Crippen molar-refractivity contribution in [3.05, 3.63) is 32.3 Å². The van der Waals surface area contributed by atoms with Crippen molar-refractivity contribution in [3.8, 4) is 5.75 Å². The quantitative estimate of drug-likeness (QED) is 0.684. The summed E-state index contributed by atoms with van der Waals surface area (Å²) in [5.41, 5.74) is 5.78. The van der Waals surface area contributed by atoms with Gasteiger partial charge in [-0.25, -0.2) is 0 Å². The average molecular weight is 305 g/mol. The molecule has 5 nitrogen and oxygen atoms in total. The normalized spacial score (nSPS) is 23.1. The van der Waals surface area contributed by atoms with Crippen LogP contribution in [0.2, 0.25) is 10.0 Å². The SMILES string of the molecule is NC1CCCCC1Oc1cc(Cl)c(Cl)cc1[N+](=O)[O-]. The molecule has 7 heteroatoms. The molecule has 2 N–H and O–H groups in total. The lowest BCUT2D eigenvalue weighted by Crippen LogP contribution is -2.41. The monoisotopic (exact) mass is 304 g/mol. The van der Waals surface area contributed by atoms with Crippen molar-refractivity contribution in [2.75, 3.05) is 0 Å². The van der Waals surface area contributed by atoms with Crippen LogP contribution in [0.15, 0.2) is 12.1 Å². The molecule has 19 heavy (non-hydrogen) atoms. The number of ether oxygens (including phenoxy) is 1. The Kier molecular flexibility index (Phi) is 4.50. The molecule has 0 aliphatic heterocycles. The summed E-state index contributed by atoms with van der Waals surface area (Å²) in [5, 5.41) is 11.4. The molecule has 1 aromatic carbocycles. The van der Waals surface area contributed by atoms with Gasteiger partial charge in [-0.1, -0.05) is 29.6 Å². The first-order valence-corrected chi connectivity index (χ1v) is 6.80. The molecule has 0 bridgehead atoms. The van der Waals surface area contributed by atoms with E-state index in [9.17, 15) is 10.1 Å². The molecule has 1 aliphatic rings. The van der Waals surface area contributed by atoms with Crippen molar-refractivity contribution in [2.45, 2.75) is 37.8 Å². The molecule has 2 unspecified atom stereocenters. The third-order valence-electron chi connectivity index (χ3n) is 3.23. The molecular formula is C12H14Cl2N2O3. The first-order valence-electron chi connectivity index (χ1n) is 6.04. The number of rotatable bonds is 3. The van der Waals surface area contributed by atoms with E-state index >= 15 is 0 Å². The zero-order chi connectivity index (χ0) is 14.0. The fourth-order valence-electron chi connectivity index (χ4n) is 2.19. The zero-order valence-electron chi connectivity index (χ0n) is 10.1. The number of halogens is 2. The second kappa shape index (κ2) is 5.94. The smallest absolute Gasteiger partial charge is 0.312 e. The molecule has 1 fully saturated rings. The Morgan fingerprint density at radius 3 is 2.53 bits per heavy atom. The maximum Gasteiger partial charge on any atom is 0.312 e. The molecule has 0 spiro atoms. The summed E-state index contributed by atoms with van der Waals surface area (Å²) in [5.74, 6) is 0.127. The van der Waals surface area contributed by atoms with Gasteiger partial charge in [-0.2, -0.15) is 0 Å². The number of hydrogen-bond donors (Lipinski definition) is 1. The van der Waals surface area contributed by atoms with Gasteiger partial charge in [0.25, 0.3) is 0 Å². The Labute approximate surface area is 120 Å². The first kappa shape index (κ1) is 14.4. The number of nitrogens with two attached hydrogens (primary N) is 1. The van der Waals surface area contributed by atoms with Gasteiger partial charge in [-0.15, -0.1) is 0 Å². The lowest BCUT2D eigenvalue weighted by Gasteiger charge is -2.28. The maximum absolute atomic E-state index is 11.0. The van der Waals surface area contributed by atoms with E-state index in [1.807, 2.05) is 0 Å². The standard InChI is InChI=1S/C12H14Cl2N2O3/c13-7-5-10(16(17)18)12(6-8(7)14)19-11-4-2-1-3-9(11)15/h5-6,9,11H,1-4,15H2. The highest BCUT2D eigenvalue weighted by Gasteiger charge is 2.27. The third-order valence-corrected chi connectivity index (χ3v) is 3.95. The third kappa shape index (κ3) is 3.29. The van der Waals surface area contributed by atoms with E-state index in [0.717, 1.165) is 25.7 Å². The molecule has 0 amide bonds. The van der Waals surface area contributed by atoms with Crippen LogP contribution in [0.25, 0.3) is 0 Å². The van der Waals surface area contributed by atoms with Crippen molar-refractivity contribution in [1.29, 1.82) is 0 Å². The molecule has 2 atom stereocenters. The van der Waals surface area contributed by atoms with Gasteiger partial charge in [-0.3, -0.25) is 10.1 Å². The average Bonchev–Trinajstić information content (AvgIpc) is 2.36. The van der Waals surface area contributed by atoms with Gasteiger partial charge in [0.05, 0.1) is 15.0 Å². The Bertz CT molecular complexity index is 496. The van der Waals surface area contributed by atoms with Crippen molar-refractivity contribution < 1.29 is 9.66 Å². The van der Waals surface area contributed by atoms with Crippen molar-refractivity contribution >= 4 is 28.9 Å². The number of hydrogen-bond acceptors (Lipinski definition) is 4. The van der Waals surface area contributed by atoms with Crippen LogP contribution >= 0.6 is 23.2 Å². The molecule has 0 heterocycles. The van der Waals surface area contributed by atoms with E-state index in [1.165, 1.54) is 12.1 Å². The molecule has 1 aliphatic carbocycles. The van der Waals surface area contributed by atoms with E-state index in [0.29, 0.717) is 0 Å². The molecule has 104 valence electrons. The fraction of sp³-hybridized carbons (Fsp3) is 0.500. The van der Waals surface area contributed by atoms with Crippen LogP contribution in [0.1, 0.15) is 25.7 Å². The van der Waals surface area contributed by atoms with E-state index in [4.69, 9.17) is 33.7 Å². The molecular weight excluding hydrogens is 291 g/mol. The van der Waals surface area contributed by atoms with Gasteiger partial charge in [-0.05, 0) is 19.3 Å². The molecule has 2 rings (SSSR count). The predicted molar refractivity (Wildman–Crippen MR) is 74.0 cm³/mol. The molecule has 0 aromatic heterocycles. The summed E-state index contributed by atoms with van der Waals surface area (Å²) >= 11 is 11.7. The summed E-state index contributed by atoms with van der Waals surface area (Å²) in [6.07, 6.45) is 3.50. The van der Waals surface area contributed by atoms with Gasteiger partial charge < -0.3 is 10.5 Å². The fourth-order valence-corrected chi connectivity index (χ4v) is 2.50. The minimum atomic E-state index is -0.536. The number of nitro groups is 1. The second-order valence-electron chi connectivity index (χ2n) is 4.60. The van der Waals surface area contributed by atoms with E-state index in [2.05, 4.69) is 0 Å². The lowest BCUT2D eigenvalue weighted by molar-refractivity contribution is -0.386. The van der Waals surface area contributed by atoms with Crippen LogP contribution in [0.3, 0.4) is 0 Å². The topological polar surface area (TPSA) is 78.4 Å². The van der Waals surface area contributed by atoms with Gasteiger partial charge in [0.2, 0.25) is 0 Å². The molecule has 1 saturated carbocycles. The highest BCUT2D eigenvalue weighted by molar-refractivity contribution is 6.42. The van der Waals surface area contributed by atoms with E-state index < -0.39 is 4.92 Å². The van der Waals surface area contributed by atoms with Crippen molar-refractivity contribution in [3.63, 3.8) is 0 Å². The maximum atomic E-state index is 11.0. The largest absolute Gasteiger partial charge is 0.482 e. The van der Waals surface area contributed by atoms with Crippen LogP contribution in [0, 0.1) is 10.1 Å². The molecule has 1 aromatic rings. The van der Waals surface area contributed by atoms with E-state index in [1.54, 1.807) is 0 Å². The molecule has 0 radical (unpaired) electrons. The van der Waals surface area contributed by atoms with E-state index in [-0.39, 0.29) is 33.6 Å². The Morgan fingerprint density at radius 1 is 1.26 bits per heavy atom. The van der Waals surface area contributed by atoms with Crippen molar-refractivity contribution in [2.24, 2.45) is 5.73 Å². The van der Waals surface area contributed by atoms with Gasteiger partial charge in [0.1, 0.15) is 6.10 Å². The molecule has 0 saturated heterocycles. The summed E-state index contributed by atoms with van der Waals surface area (Å²) in [6.45, 7) is 0. The second-order valence-corrected chi connectivity index (χ2v) is 5.41. The van der Waals surface area contributed by atoms with Crippen LogP contribution in [0.5, 0.6) is 5.75 Å². The summed E-state index contributed by atoms with van der Waals surface area (Å²) in [7, 11) is 0. The number of nitro benzene ring substituents is 1. The van der Waals surface area contributed by atoms with Crippen LogP contribution in [-0.2, 0) is 0 Å². The summed E-state index contributed by atoms with van der Waals surface area (Å²) in [6, 6.07) is 2.47. The minimum Gasteiger partial charge on any atom is -0.482 e. The summed E-state index contributed by atoms with van der Waals surface area (Å²) in [4.78, 5) is 10.5. The zero-order valence-corrected chi connectivity index (χ0v) is 11.7. The van der Waals surface area contributed by atoms with Crippen LogP contribution in [-0.4, -0.2) is 17.1 Å². The summed E-state index contributed by atoms with van der Waals surface area (Å²) < 4.78 is 5.69. The number of benzene rings is 1. The number of nitrogens with zero attached hydrogens (tertiary/aromatic N) is 1. The van der Waals surface area contributed by atoms with Gasteiger partial charge in [0, 0.05) is 18.2 Å². The van der Waals surface area contributed by atoms with Crippen LogP contribution < -0.4 is 10.5 Å². The Balaban J connectivity index is 2.27. The predicted octanol–water partition coefficient (Wildman–Crippen LogP) is 3.55. The van der Waals surface area contributed by atoms with Gasteiger partial charge in [0.15, 0.2) is 5.75 Å². The van der Waals surface area contributed by atoms with Gasteiger partial charge >= 0.3 is 5.69 Å². The Hall–Kier alpha value is -1.04. The van der Waals surface area contributed by atoms with Crippen molar-refractivity contribution in [1.82, 2.24) is 0 Å². The lowest BCUT2D eigenvalue weighted by atomic mass is 9.93.